The zero-order valence-corrected chi connectivity index (χ0v) is 36.8. The molecule has 1 unspecified atom stereocenters. The van der Waals surface area contributed by atoms with Crippen LogP contribution in [-0.2, 0) is 5.41 Å². The number of benzene rings is 11. The lowest BCUT2D eigenvalue weighted by atomic mass is 9.67. The molecular weight excluding hydrogens is 809 g/mol. The van der Waals surface area contributed by atoms with Gasteiger partial charge in [0.15, 0.2) is 0 Å². The molecule has 13 rings (SSSR count). The van der Waals surface area contributed by atoms with Crippen molar-refractivity contribution in [3.8, 4) is 39.1 Å². The van der Waals surface area contributed by atoms with Crippen molar-refractivity contribution in [2.45, 2.75) is 5.41 Å². The predicted molar refractivity (Wildman–Crippen MR) is 281 cm³/mol. The number of aromatic nitrogens is 1. The Morgan fingerprint density at radius 2 is 0.851 bits per heavy atom. The van der Waals surface area contributed by atoms with Gasteiger partial charge in [-0.1, -0.05) is 206 Å². The van der Waals surface area contributed by atoms with Gasteiger partial charge in [0.2, 0.25) is 0 Å². The minimum atomic E-state index is -0.592. The maximum absolute atomic E-state index is 2.48. The molecule has 0 amide bonds. The van der Waals surface area contributed by atoms with Crippen molar-refractivity contribution >= 4 is 49.6 Å². The lowest BCUT2D eigenvalue weighted by Crippen LogP contribution is -2.29. The Morgan fingerprint density at radius 1 is 0.299 bits per heavy atom. The molecule has 12 aromatic rings. The fourth-order valence-corrected chi connectivity index (χ4v) is 11.0. The van der Waals surface area contributed by atoms with Crippen molar-refractivity contribution in [1.29, 1.82) is 0 Å². The largest absolute Gasteiger partial charge is 0.310 e. The van der Waals surface area contributed by atoms with Crippen LogP contribution in [0.5, 0.6) is 0 Å². The van der Waals surface area contributed by atoms with Gasteiger partial charge in [-0.2, -0.15) is 0 Å². The minimum absolute atomic E-state index is 0.592. The number of rotatable bonds is 8. The highest BCUT2D eigenvalue weighted by atomic mass is 15.1. The Bertz CT molecular complexity index is 3790. The maximum Gasteiger partial charge on any atom is 0.0714 e. The lowest BCUT2D eigenvalue weighted by Gasteiger charge is -2.35. The molecule has 1 aliphatic carbocycles. The summed E-state index contributed by atoms with van der Waals surface area (Å²) in [6.45, 7) is 0. The van der Waals surface area contributed by atoms with Crippen molar-refractivity contribution in [3.63, 3.8) is 0 Å². The lowest BCUT2D eigenvalue weighted by molar-refractivity contribution is 0.769. The molecule has 1 atom stereocenters. The smallest absolute Gasteiger partial charge is 0.0714 e. The summed E-state index contributed by atoms with van der Waals surface area (Å²) in [5.41, 5.74) is 18.5. The minimum Gasteiger partial charge on any atom is -0.310 e. The molecule has 11 aromatic carbocycles. The van der Waals surface area contributed by atoms with Crippen molar-refractivity contribution < 1.29 is 0 Å². The average molecular weight is 853 g/mol. The molecule has 314 valence electrons. The van der Waals surface area contributed by atoms with Crippen LogP contribution in [-0.4, -0.2) is 4.57 Å². The van der Waals surface area contributed by atoms with Crippen molar-refractivity contribution in [2.75, 3.05) is 4.90 Å². The highest BCUT2D eigenvalue weighted by molar-refractivity contribution is 6.10. The molecule has 0 bridgehead atoms. The Morgan fingerprint density at radius 3 is 1.66 bits per heavy atom. The Balaban J connectivity index is 1.05. The molecule has 0 N–H and O–H groups in total. The second kappa shape index (κ2) is 15.8. The van der Waals surface area contributed by atoms with Crippen LogP contribution < -0.4 is 4.90 Å². The van der Waals surface area contributed by atoms with Gasteiger partial charge in [-0.15, -0.1) is 0 Å². The van der Waals surface area contributed by atoms with Gasteiger partial charge in [-0.05, 0) is 127 Å². The monoisotopic (exact) mass is 852 g/mol. The van der Waals surface area contributed by atoms with E-state index in [0.717, 1.165) is 28.3 Å². The van der Waals surface area contributed by atoms with E-state index in [1.807, 2.05) is 0 Å². The van der Waals surface area contributed by atoms with Gasteiger partial charge in [0.25, 0.3) is 0 Å². The number of nitrogens with zero attached hydrogens (tertiary/aromatic N) is 2. The summed E-state index contributed by atoms with van der Waals surface area (Å²) in [6, 6.07) is 98.3. The van der Waals surface area contributed by atoms with Gasteiger partial charge in [0.1, 0.15) is 0 Å². The van der Waals surface area contributed by atoms with Crippen LogP contribution in [0.1, 0.15) is 22.3 Å². The van der Waals surface area contributed by atoms with Crippen molar-refractivity contribution in [2.24, 2.45) is 0 Å². The topological polar surface area (TPSA) is 8.17 Å². The Hall–Kier alpha value is -8.72. The van der Waals surface area contributed by atoms with Gasteiger partial charge in [0.05, 0.1) is 16.4 Å². The molecule has 2 nitrogen and oxygen atoms in total. The van der Waals surface area contributed by atoms with Gasteiger partial charge >= 0.3 is 0 Å². The van der Waals surface area contributed by atoms with E-state index >= 15 is 0 Å². The summed E-state index contributed by atoms with van der Waals surface area (Å²) in [5, 5.41) is 4.86. The predicted octanol–water partition coefficient (Wildman–Crippen LogP) is 17.1. The van der Waals surface area contributed by atoms with Crippen molar-refractivity contribution in [1.82, 2.24) is 4.57 Å². The van der Waals surface area contributed by atoms with Crippen LogP contribution in [0.4, 0.5) is 17.1 Å². The molecule has 0 aliphatic heterocycles. The number of fused-ring (bicyclic) bond motifs is 7. The third-order valence-corrected chi connectivity index (χ3v) is 14.0. The fourth-order valence-electron chi connectivity index (χ4n) is 11.0. The number of hydrogen-bond acceptors (Lipinski definition) is 1. The summed E-state index contributed by atoms with van der Waals surface area (Å²) in [7, 11) is 0. The van der Waals surface area contributed by atoms with Crippen LogP contribution in [0.25, 0.3) is 71.6 Å². The first-order chi connectivity index (χ1) is 33.2. The van der Waals surface area contributed by atoms with E-state index in [0.29, 0.717) is 0 Å². The molecule has 67 heavy (non-hydrogen) atoms. The molecule has 1 heterocycles. The van der Waals surface area contributed by atoms with E-state index in [4.69, 9.17) is 0 Å². The quantitative estimate of drug-likeness (QED) is 0.148. The van der Waals surface area contributed by atoms with Gasteiger partial charge < -0.3 is 9.47 Å². The fraction of sp³-hybridized carbons (Fsp3) is 0.0154. The summed E-state index contributed by atoms with van der Waals surface area (Å²) >= 11 is 0. The number of hydrogen-bond donors (Lipinski definition) is 0. The normalized spacial score (nSPS) is 14.0. The molecule has 0 spiro atoms. The summed E-state index contributed by atoms with van der Waals surface area (Å²) in [4.78, 5) is 2.46. The number of para-hydroxylation sites is 1. The van der Waals surface area contributed by atoms with Crippen LogP contribution >= 0.6 is 0 Å². The van der Waals surface area contributed by atoms with Crippen molar-refractivity contribution in [3.05, 3.63) is 289 Å². The van der Waals surface area contributed by atoms with Crippen LogP contribution in [0, 0.1) is 0 Å². The third-order valence-electron chi connectivity index (χ3n) is 14.0. The Kier molecular flexibility index (Phi) is 9.11. The first-order valence-corrected chi connectivity index (χ1v) is 23.2. The van der Waals surface area contributed by atoms with Gasteiger partial charge in [-0.25, -0.2) is 0 Å². The molecule has 0 saturated carbocycles. The molecule has 0 radical (unpaired) electrons. The van der Waals surface area contributed by atoms with Crippen LogP contribution in [0.3, 0.4) is 0 Å². The highest BCUT2D eigenvalue weighted by Crippen LogP contribution is 2.57. The van der Waals surface area contributed by atoms with Gasteiger partial charge in [0, 0.05) is 33.5 Å². The standard InChI is InChI=1S/C65H44N2/c1-4-17-45(18-5-1)48-31-34-53(35-32-48)67-63-30-15-13-28-59(63)60-40-38-56(44-64(60)67)66(54-36-33-47-21-10-11-22-50(47)42-54)55-37-39-58-57-27-12-14-29-61(57)65(62(58)43-55,51-24-8-3-9-25-51)52-26-16-23-49(41-52)46-19-6-2-7-20-46/h1-44H. The van der Waals surface area contributed by atoms with E-state index in [9.17, 15) is 0 Å². The van der Waals surface area contributed by atoms with Crippen LogP contribution in [0.15, 0.2) is 267 Å². The third kappa shape index (κ3) is 6.26. The summed E-state index contributed by atoms with van der Waals surface area (Å²) in [5.74, 6) is 0. The molecule has 0 saturated heterocycles. The average Bonchev–Trinajstić information content (AvgIpc) is 3.90. The zero-order valence-electron chi connectivity index (χ0n) is 36.8. The molecule has 1 aliphatic rings. The van der Waals surface area contributed by atoms with E-state index in [1.54, 1.807) is 0 Å². The molecule has 2 heteroatoms. The first kappa shape index (κ1) is 38.7. The molecule has 0 fully saturated rings. The first-order valence-electron chi connectivity index (χ1n) is 23.2. The number of anilines is 3. The van der Waals surface area contributed by atoms with E-state index in [2.05, 4.69) is 276 Å². The van der Waals surface area contributed by atoms with E-state index in [-0.39, 0.29) is 0 Å². The second-order valence-electron chi connectivity index (χ2n) is 17.7. The Labute approximate surface area is 390 Å². The highest BCUT2D eigenvalue weighted by Gasteiger charge is 2.46. The van der Waals surface area contributed by atoms with Gasteiger partial charge in [-0.3, -0.25) is 0 Å². The second-order valence-corrected chi connectivity index (χ2v) is 17.7. The SMILES string of the molecule is c1ccc(-c2ccc(-n3c4ccccc4c4ccc(N(c5ccc6c(c5)C(c5ccccc5)(c5cccc(-c7ccccc7)c5)c5ccccc5-6)c5ccc6ccccc6c5)cc43)cc2)cc1. The zero-order chi connectivity index (χ0) is 44.3. The van der Waals surface area contributed by atoms with E-state index in [1.165, 1.54) is 82.7 Å². The summed E-state index contributed by atoms with van der Waals surface area (Å²) < 4.78 is 2.43. The van der Waals surface area contributed by atoms with E-state index < -0.39 is 5.41 Å². The van der Waals surface area contributed by atoms with Crippen LogP contribution in [0.2, 0.25) is 0 Å². The maximum atomic E-state index is 2.48. The molecular formula is C65H44N2. The molecule has 1 aromatic heterocycles. The summed E-state index contributed by atoms with van der Waals surface area (Å²) in [6.07, 6.45) is 0.